The van der Waals surface area contributed by atoms with Crippen LogP contribution in [0.1, 0.15) is 53.9 Å². The number of ketones is 1. The Bertz CT molecular complexity index is 1440. The molecule has 1 aliphatic heterocycles. The summed E-state index contributed by atoms with van der Waals surface area (Å²) < 4.78 is 55.6. The van der Waals surface area contributed by atoms with Crippen molar-refractivity contribution in [1.82, 2.24) is 14.7 Å². The number of likely N-dealkylation sites (tertiary alicyclic amines) is 1. The van der Waals surface area contributed by atoms with E-state index in [0.717, 1.165) is 15.1 Å². The van der Waals surface area contributed by atoms with E-state index in [0.29, 0.717) is 0 Å². The Kier molecular flexibility index (Phi) is 8.28. The molecular weight excluding hydrogens is 539 g/mol. The Morgan fingerprint density at radius 1 is 1.02 bits per heavy atom. The molecular formula is C30H32F3N3O5. The third-order valence-corrected chi connectivity index (χ3v) is 7.01. The summed E-state index contributed by atoms with van der Waals surface area (Å²) in [6.07, 6.45) is -4.83. The SMILES string of the molecule is COc1ccccc1C(=O)n1nc(C2C(=O)CN(C(=O)C(C)(C)C)CC2C(F)(F)F)c(C)c1OCc1ccccc1. The predicted octanol–water partition coefficient (Wildman–Crippen LogP) is 5.19. The summed E-state index contributed by atoms with van der Waals surface area (Å²) in [4.78, 5) is 40.9. The maximum atomic E-state index is 14.5. The molecule has 0 radical (unpaired) electrons. The van der Waals surface area contributed by atoms with E-state index < -0.39 is 54.1 Å². The molecule has 3 aromatic rings. The summed E-state index contributed by atoms with van der Waals surface area (Å²) in [5.41, 5.74) is -0.193. The van der Waals surface area contributed by atoms with Gasteiger partial charge in [-0.25, -0.2) is 0 Å². The minimum absolute atomic E-state index is 0.00118. The Labute approximate surface area is 236 Å². The number of methoxy groups -OCH3 is 1. The summed E-state index contributed by atoms with van der Waals surface area (Å²) in [6.45, 7) is 5.02. The number of ether oxygens (including phenoxy) is 2. The largest absolute Gasteiger partial charge is 0.496 e. The third-order valence-electron chi connectivity index (χ3n) is 7.01. The van der Waals surface area contributed by atoms with Crippen molar-refractivity contribution in [3.8, 4) is 11.6 Å². The summed E-state index contributed by atoms with van der Waals surface area (Å²) in [5, 5.41) is 4.29. The zero-order valence-corrected chi connectivity index (χ0v) is 23.5. The first kappa shape index (κ1) is 29.8. The molecule has 2 unspecified atom stereocenters. The van der Waals surface area contributed by atoms with Crippen LogP contribution in [0, 0.1) is 18.3 Å². The van der Waals surface area contributed by atoms with Crippen LogP contribution in [0.15, 0.2) is 54.6 Å². The van der Waals surface area contributed by atoms with Crippen LogP contribution >= 0.6 is 0 Å². The number of hydrogen-bond acceptors (Lipinski definition) is 6. The van der Waals surface area contributed by atoms with Crippen molar-refractivity contribution in [1.29, 1.82) is 0 Å². The van der Waals surface area contributed by atoms with Gasteiger partial charge in [0.1, 0.15) is 12.4 Å². The molecule has 1 saturated heterocycles. The van der Waals surface area contributed by atoms with Gasteiger partial charge in [0.05, 0.1) is 36.7 Å². The van der Waals surface area contributed by atoms with E-state index in [1.54, 1.807) is 63.2 Å². The third kappa shape index (κ3) is 6.13. The average Bonchev–Trinajstić information content (AvgIpc) is 3.25. The number of aromatic nitrogens is 2. The van der Waals surface area contributed by atoms with Gasteiger partial charge < -0.3 is 14.4 Å². The fourth-order valence-corrected chi connectivity index (χ4v) is 4.94. The zero-order chi connectivity index (χ0) is 30.1. The van der Waals surface area contributed by atoms with Crippen molar-refractivity contribution in [3.05, 3.63) is 77.0 Å². The van der Waals surface area contributed by atoms with Gasteiger partial charge in [-0.1, -0.05) is 63.2 Å². The van der Waals surface area contributed by atoms with E-state index in [1.807, 2.05) is 6.07 Å². The van der Waals surface area contributed by atoms with Gasteiger partial charge in [0.25, 0.3) is 5.91 Å². The molecule has 2 heterocycles. The van der Waals surface area contributed by atoms with E-state index in [2.05, 4.69) is 5.10 Å². The Morgan fingerprint density at radius 2 is 1.66 bits per heavy atom. The van der Waals surface area contributed by atoms with Crippen molar-refractivity contribution in [2.45, 2.75) is 46.4 Å². The summed E-state index contributed by atoms with van der Waals surface area (Å²) in [5.74, 6) is -5.87. The number of piperidine rings is 1. The number of Topliss-reactive ketones (excluding diaryl/α,β-unsaturated/α-hetero) is 1. The van der Waals surface area contributed by atoms with Crippen LogP contribution in [0.3, 0.4) is 0 Å². The summed E-state index contributed by atoms with van der Waals surface area (Å²) >= 11 is 0. The second-order valence-electron chi connectivity index (χ2n) is 11.0. The van der Waals surface area contributed by atoms with Crippen LogP contribution < -0.4 is 9.47 Å². The Hall–Kier alpha value is -4.15. The molecule has 2 atom stereocenters. The highest BCUT2D eigenvalue weighted by molar-refractivity contribution is 5.99. The molecule has 1 amide bonds. The molecule has 8 nitrogen and oxygen atoms in total. The quantitative estimate of drug-likeness (QED) is 0.405. The van der Waals surface area contributed by atoms with Crippen LogP contribution in [0.5, 0.6) is 11.6 Å². The first-order valence-corrected chi connectivity index (χ1v) is 13.1. The summed E-state index contributed by atoms with van der Waals surface area (Å²) in [6, 6.07) is 15.4. The maximum absolute atomic E-state index is 14.5. The topological polar surface area (TPSA) is 90.7 Å². The van der Waals surface area contributed by atoms with Crippen molar-refractivity contribution >= 4 is 17.6 Å². The standard InChI is InChI=1S/C30H32F3N3O5/c1-18-25(24-21(30(31,32)33)15-35(16-22(24)37)28(39)29(2,3)4)34-36(26(38)20-13-9-10-14-23(20)40-5)27(18)41-17-19-11-7-6-8-12-19/h6-14,21,24H,15-17H2,1-5H3. The Morgan fingerprint density at radius 3 is 2.27 bits per heavy atom. The van der Waals surface area contributed by atoms with Gasteiger partial charge >= 0.3 is 6.18 Å². The molecule has 0 spiro atoms. The predicted molar refractivity (Wildman–Crippen MR) is 144 cm³/mol. The number of amides is 1. The van der Waals surface area contributed by atoms with E-state index in [9.17, 15) is 27.6 Å². The van der Waals surface area contributed by atoms with Gasteiger partial charge in [-0.2, -0.15) is 23.0 Å². The zero-order valence-electron chi connectivity index (χ0n) is 23.5. The molecule has 2 aromatic carbocycles. The average molecular weight is 572 g/mol. The lowest BCUT2D eigenvalue weighted by molar-refractivity contribution is -0.196. The minimum Gasteiger partial charge on any atom is -0.496 e. The van der Waals surface area contributed by atoms with Crippen molar-refractivity contribution in [2.24, 2.45) is 11.3 Å². The number of rotatable bonds is 6. The summed E-state index contributed by atoms with van der Waals surface area (Å²) in [7, 11) is 1.39. The molecule has 0 bridgehead atoms. The fraction of sp³-hybridized carbons (Fsp3) is 0.400. The monoisotopic (exact) mass is 571 g/mol. The first-order chi connectivity index (χ1) is 19.2. The van der Waals surface area contributed by atoms with Gasteiger partial charge in [-0.3, -0.25) is 14.4 Å². The molecule has 4 rings (SSSR count). The van der Waals surface area contributed by atoms with Gasteiger partial charge in [-0.15, -0.1) is 0 Å². The van der Waals surface area contributed by atoms with Crippen molar-refractivity contribution in [2.75, 3.05) is 20.2 Å². The van der Waals surface area contributed by atoms with Crippen molar-refractivity contribution in [3.63, 3.8) is 0 Å². The van der Waals surface area contributed by atoms with Crippen LogP contribution in [0.4, 0.5) is 13.2 Å². The van der Waals surface area contributed by atoms with Gasteiger partial charge in [0, 0.05) is 17.5 Å². The van der Waals surface area contributed by atoms with Crippen molar-refractivity contribution < 1.29 is 37.0 Å². The number of alkyl halides is 3. The molecule has 218 valence electrons. The molecule has 0 saturated carbocycles. The molecule has 11 heteroatoms. The first-order valence-electron chi connectivity index (χ1n) is 13.1. The van der Waals surface area contributed by atoms with Gasteiger partial charge in [-0.05, 0) is 24.6 Å². The number of para-hydroxylation sites is 1. The molecule has 0 aliphatic carbocycles. The Balaban J connectivity index is 1.81. The van der Waals surface area contributed by atoms with Crippen LogP contribution in [-0.4, -0.2) is 58.7 Å². The molecule has 0 N–H and O–H groups in total. The highest BCUT2D eigenvalue weighted by atomic mass is 19.4. The van der Waals surface area contributed by atoms with E-state index in [-0.39, 0.29) is 35.1 Å². The number of nitrogens with zero attached hydrogens (tertiary/aromatic N) is 3. The maximum Gasteiger partial charge on any atom is 0.394 e. The molecule has 1 aromatic heterocycles. The lowest BCUT2D eigenvalue weighted by atomic mass is 9.79. The molecule has 41 heavy (non-hydrogen) atoms. The van der Waals surface area contributed by atoms with Gasteiger partial charge in [0.15, 0.2) is 5.78 Å². The van der Waals surface area contributed by atoms with E-state index in [1.165, 1.54) is 20.1 Å². The highest BCUT2D eigenvalue weighted by Crippen LogP contribution is 2.44. The van der Waals surface area contributed by atoms with E-state index >= 15 is 0 Å². The van der Waals surface area contributed by atoms with Crippen LogP contribution in [0.2, 0.25) is 0 Å². The number of halogens is 3. The normalized spacial score (nSPS) is 17.9. The van der Waals surface area contributed by atoms with Crippen LogP contribution in [-0.2, 0) is 16.2 Å². The fourth-order valence-electron chi connectivity index (χ4n) is 4.94. The number of carbonyl (C=O) groups excluding carboxylic acids is 3. The second-order valence-corrected chi connectivity index (χ2v) is 11.0. The second kappa shape index (κ2) is 11.4. The highest BCUT2D eigenvalue weighted by Gasteiger charge is 2.54. The van der Waals surface area contributed by atoms with Gasteiger partial charge in [0.2, 0.25) is 11.8 Å². The lowest BCUT2D eigenvalue weighted by Crippen LogP contribution is -2.55. The molecule has 1 aliphatic rings. The number of carbonyl (C=O) groups is 3. The minimum atomic E-state index is -4.83. The number of hydrogen-bond donors (Lipinski definition) is 0. The lowest BCUT2D eigenvalue weighted by Gasteiger charge is -2.40. The van der Waals surface area contributed by atoms with Crippen LogP contribution in [0.25, 0.3) is 0 Å². The van der Waals surface area contributed by atoms with E-state index in [4.69, 9.17) is 9.47 Å². The molecule has 1 fully saturated rings. The smallest absolute Gasteiger partial charge is 0.394 e. The number of benzene rings is 2.